The van der Waals surface area contributed by atoms with Crippen LogP contribution in [0.3, 0.4) is 0 Å². The van der Waals surface area contributed by atoms with Crippen LogP contribution >= 0.6 is 11.3 Å². The monoisotopic (exact) mass is 192 g/mol. The summed E-state index contributed by atoms with van der Waals surface area (Å²) < 4.78 is 0. The Morgan fingerprint density at radius 1 is 1.62 bits per heavy atom. The van der Waals surface area contributed by atoms with E-state index in [0.29, 0.717) is 5.92 Å². The van der Waals surface area contributed by atoms with Crippen LogP contribution in [0.25, 0.3) is 0 Å². The fourth-order valence-electron chi connectivity index (χ4n) is 1.57. The molecule has 0 saturated carbocycles. The second kappa shape index (κ2) is 3.75. The van der Waals surface area contributed by atoms with Gasteiger partial charge in [-0.05, 0) is 28.8 Å². The highest BCUT2D eigenvalue weighted by molar-refractivity contribution is 7.08. The summed E-state index contributed by atoms with van der Waals surface area (Å²) in [4.78, 5) is 7.22. The van der Waals surface area contributed by atoms with Crippen LogP contribution in [0.15, 0.2) is 29.4 Å². The third-order valence-corrected chi connectivity index (χ3v) is 2.95. The quantitative estimate of drug-likeness (QED) is 0.795. The Labute approximate surface area is 81.7 Å². The van der Waals surface area contributed by atoms with E-state index < -0.39 is 0 Å². The summed E-state index contributed by atoms with van der Waals surface area (Å²) in [5.74, 6) is 0.480. The summed E-state index contributed by atoms with van der Waals surface area (Å²) in [6, 6.07) is 2.18. The van der Waals surface area contributed by atoms with Crippen molar-refractivity contribution in [3.63, 3.8) is 0 Å². The van der Waals surface area contributed by atoms with Gasteiger partial charge in [-0.25, -0.2) is 4.98 Å². The molecule has 0 saturated heterocycles. The molecule has 0 aliphatic rings. The van der Waals surface area contributed by atoms with Crippen molar-refractivity contribution in [2.75, 3.05) is 0 Å². The van der Waals surface area contributed by atoms with Gasteiger partial charge < -0.3 is 4.98 Å². The molecule has 3 heteroatoms. The van der Waals surface area contributed by atoms with E-state index in [1.54, 1.807) is 17.7 Å². The van der Waals surface area contributed by atoms with Gasteiger partial charge in [-0.3, -0.25) is 0 Å². The minimum Gasteiger partial charge on any atom is -0.348 e. The summed E-state index contributed by atoms with van der Waals surface area (Å²) in [7, 11) is 0. The van der Waals surface area contributed by atoms with Gasteiger partial charge in [0.2, 0.25) is 0 Å². The second-order valence-corrected chi connectivity index (χ2v) is 3.80. The molecule has 0 aromatic carbocycles. The van der Waals surface area contributed by atoms with E-state index in [2.05, 4.69) is 33.7 Å². The standard InChI is InChI=1S/C10H12N2S/c1-2-9(8-3-4-13-6-8)10-5-11-7-12-10/h3-7,9H,2H2,1H3,(H,11,12). The number of hydrogen-bond acceptors (Lipinski definition) is 2. The fraction of sp³-hybridized carbons (Fsp3) is 0.300. The molecule has 2 rings (SSSR count). The first-order valence-electron chi connectivity index (χ1n) is 4.42. The van der Waals surface area contributed by atoms with E-state index in [0.717, 1.165) is 6.42 Å². The van der Waals surface area contributed by atoms with Crippen molar-refractivity contribution in [1.82, 2.24) is 9.97 Å². The van der Waals surface area contributed by atoms with E-state index in [1.807, 2.05) is 6.20 Å². The van der Waals surface area contributed by atoms with Crippen molar-refractivity contribution >= 4 is 11.3 Å². The molecule has 0 aliphatic carbocycles. The van der Waals surface area contributed by atoms with Crippen LogP contribution in [0.2, 0.25) is 0 Å². The first-order chi connectivity index (χ1) is 6.42. The molecule has 0 fully saturated rings. The first-order valence-corrected chi connectivity index (χ1v) is 5.36. The van der Waals surface area contributed by atoms with Gasteiger partial charge in [-0.2, -0.15) is 11.3 Å². The van der Waals surface area contributed by atoms with E-state index in [1.165, 1.54) is 11.3 Å². The number of aromatic amines is 1. The van der Waals surface area contributed by atoms with Crippen LogP contribution in [-0.2, 0) is 0 Å². The summed E-state index contributed by atoms with van der Waals surface area (Å²) in [5.41, 5.74) is 2.60. The maximum Gasteiger partial charge on any atom is 0.0921 e. The minimum absolute atomic E-state index is 0.480. The Bertz CT molecular complexity index is 303. The maximum atomic E-state index is 4.05. The molecular formula is C10H12N2S. The first kappa shape index (κ1) is 8.51. The number of H-pyrrole nitrogens is 1. The van der Waals surface area contributed by atoms with Crippen LogP contribution < -0.4 is 0 Å². The topological polar surface area (TPSA) is 28.7 Å². The number of aromatic nitrogens is 2. The predicted molar refractivity (Wildman–Crippen MR) is 55.0 cm³/mol. The molecular weight excluding hydrogens is 180 g/mol. The molecule has 0 amide bonds. The Kier molecular flexibility index (Phi) is 2.45. The third-order valence-electron chi connectivity index (χ3n) is 2.25. The molecule has 1 unspecified atom stereocenters. The zero-order valence-electron chi connectivity index (χ0n) is 7.53. The Morgan fingerprint density at radius 3 is 3.08 bits per heavy atom. The minimum atomic E-state index is 0.480. The Morgan fingerprint density at radius 2 is 2.54 bits per heavy atom. The van der Waals surface area contributed by atoms with Crippen molar-refractivity contribution in [3.05, 3.63) is 40.6 Å². The zero-order chi connectivity index (χ0) is 9.10. The van der Waals surface area contributed by atoms with Gasteiger partial charge in [0.15, 0.2) is 0 Å². The fourth-order valence-corrected chi connectivity index (χ4v) is 2.28. The van der Waals surface area contributed by atoms with Gasteiger partial charge in [0.25, 0.3) is 0 Å². The van der Waals surface area contributed by atoms with E-state index in [9.17, 15) is 0 Å². The molecule has 0 bridgehead atoms. The van der Waals surface area contributed by atoms with Crippen LogP contribution in [0, 0.1) is 0 Å². The summed E-state index contributed by atoms with van der Waals surface area (Å²) >= 11 is 1.75. The lowest BCUT2D eigenvalue weighted by Gasteiger charge is -2.10. The predicted octanol–water partition coefficient (Wildman–Crippen LogP) is 3.01. The van der Waals surface area contributed by atoms with E-state index in [4.69, 9.17) is 0 Å². The highest BCUT2D eigenvalue weighted by Crippen LogP contribution is 2.27. The Hall–Kier alpha value is -1.09. The van der Waals surface area contributed by atoms with E-state index >= 15 is 0 Å². The highest BCUT2D eigenvalue weighted by atomic mass is 32.1. The second-order valence-electron chi connectivity index (χ2n) is 3.02. The van der Waals surface area contributed by atoms with E-state index in [-0.39, 0.29) is 0 Å². The molecule has 2 aromatic rings. The number of imidazole rings is 1. The van der Waals surface area contributed by atoms with Gasteiger partial charge in [0, 0.05) is 17.8 Å². The molecule has 0 radical (unpaired) electrons. The maximum absolute atomic E-state index is 4.05. The molecule has 2 heterocycles. The highest BCUT2D eigenvalue weighted by Gasteiger charge is 2.12. The van der Waals surface area contributed by atoms with Crippen molar-refractivity contribution in [2.24, 2.45) is 0 Å². The van der Waals surface area contributed by atoms with Crippen molar-refractivity contribution < 1.29 is 0 Å². The molecule has 0 aliphatic heterocycles. The number of nitrogens with zero attached hydrogens (tertiary/aromatic N) is 1. The van der Waals surface area contributed by atoms with Crippen molar-refractivity contribution in [2.45, 2.75) is 19.3 Å². The average molecular weight is 192 g/mol. The van der Waals surface area contributed by atoms with Crippen LogP contribution in [0.4, 0.5) is 0 Å². The molecule has 1 N–H and O–H groups in total. The molecule has 1 atom stereocenters. The Balaban J connectivity index is 2.29. The number of thiophene rings is 1. The van der Waals surface area contributed by atoms with Crippen molar-refractivity contribution in [3.8, 4) is 0 Å². The average Bonchev–Trinajstić information content (AvgIpc) is 2.76. The molecule has 13 heavy (non-hydrogen) atoms. The van der Waals surface area contributed by atoms with Gasteiger partial charge in [0.1, 0.15) is 0 Å². The SMILES string of the molecule is CCC(c1ccsc1)c1cnc[nH]1. The third kappa shape index (κ3) is 1.65. The summed E-state index contributed by atoms with van der Waals surface area (Å²) in [6.07, 6.45) is 4.76. The zero-order valence-corrected chi connectivity index (χ0v) is 8.34. The van der Waals surface area contributed by atoms with Crippen LogP contribution in [0.1, 0.15) is 30.5 Å². The summed E-state index contributed by atoms with van der Waals surface area (Å²) in [5, 5.41) is 4.32. The largest absolute Gasteiger partial charge is 0.348 e. The lowest BCUT2D eigenvalue weighted by atomic mass is 9.96. The summed E-state index contributed by atoms with van der Waals surface area (Å²) in [6.45, 7) is 2.20. The number of rotatable bonds is 3. The normalized spacial score (nSPS) is 13.0. The van der Waals surface area contributed by atoms with Gasteiger partial charge in [-0.1, -0.05) is 6.92 Å². The lowest BCUT2D eigenvalue weighted by Crippen LogP contribution is -1.97. The molecule has 2 aromatic heterocycles. The number of hydrogen-bond donors (Lipinski definition) is 1. The molecule has 68 valence electrons. The van der Waals surface area contributed by atoms with Crippen molar-refractivity contribution in [1.29, 1.82) is 0 Å². The van der Waals surface area contributed by atoms with Gasteiger partial charge in [-0.15, -0.1) is 0 Å². The number of nitrogens with one attached hydrogen (secondary N) is 1. The smallest absolute Gasteiger partial charge is 0.0921 e. The molecule has 2 nitrogen and oxygen atoms in total. The molecule has 0 spiro atoms. The van der Waals surface area contributed by atoms with Gasteiger partial charge in [0.05, 0.1) is 6.33 Å². The van der Waals surface area contributed by atoms with Gasteiger partial charge >= 0.3 is 0 Å². The van der Waals surface area contributed by atoms with Crippen LogP contribution in [-0.4, -0.2) is 9.97 Å². The lowest BCUT2D eigenvalue weighted by molar-refractivity contribution is 0.758. The van der Waals surface area contributed by atoms with Crippen LogP contribution in [0.5, 0.6) is 0 Å².